The fraction of sp³-hybridized carbons (Fsp3) is 0.484. The minimum Gasteiger partial charge on any atom is -0.494 e. The third-order valence-electron chi connectivity index (χ3n) is 8.49. The first-order valence-corrected chi connectivity index (χ1v) is 14.1. The van der Waals surface area contributed by atoms with E-state index in [0.29, 0.717) is 0 Å². The third kappa shape index (κ3) is 4.85. The highest BCUT2D eigenvalue weighted by atomic mass is 16.5. The summed E-state index contributed by atoms with van der Waals surface area (Å²) < 4.78 is 15.4. The van der Waals surface area contributed by atoms with Crippen LogP contribution in [-0.2, 0) is 11.8 Å². The smallest absolute Gasteiger partial charge is 0.329 e. The highest BCUT2D eigenvalue weighted by Gasteiger charge is 2.27. The van der Waals surface area contributed by atoms with E-state index in [9.17, 15) is 4.79 Å². The molecule has 1 aliphatic heterocycles. The maximum atomic E-state index is 13.4. The molecule has 2 aliphatic rings. The molecule has 1 aliphatic carbocycles. The second kappa shape index (κ2) is 10.9. The zero-order chi connectivity index (χ0) is 26.1. The first-order chi connectivity index (χ1) is 18.6. The van der Waals surface area contributed by atoms with Crippen molar-refractivity contribution in [3.8, 4) is 16.9 Å². The summed E-state index contributed by atoms with van der Waals surface area (Å²) >= 11 is 0. The molecule has 1 saturated heterocycles. The van der Waals surface area contributed by atoms with E-state index in [1.54, 1.807) is 11.7 Å². The molecule has 2 atom stereocenters. The van der Waals surface area contributed by atoms with Gasteiger partial charge in [-0.15, -0.1) is 0 Å². The van der Waals surface area contributed by atoms with Crippen LogP contribution < -0.4 is 10.4 Å². The SMILES string of the molecule is CO[C@H]1CCC[C@H](n2c(=O)n(C)c3cnc4ccc(-c5ccc(OCCCN6CCCC6)cc5)cc4c32)C1. The molecule has 0 radical (unpaired) electrons. The van der Waals surface area contributed by atoms with Gasteiger partial charge < -0.3 is 14.4 Å². The minimum atomic E-state index is 0.0210. The number of fused-ring (bicyclic) bond motifs is 3. The standard InChI is InChI=1S/C31H38N4O3/c1-33-29-21-32-28-14-11-23(22-9-12-25(13-10-22)38-18-6-17-34-15-3-4-16-34)19-27(28)30(29)35(31(33)36)24-7-5-8-26(20-24)37-2/h9-14,19,21,24,26H,3-8,15-18,20H2,1-2H3/t24-,26-/m0/s1. The number of ether oxygens (including phenoxy) is 2. The monoisotopic (exact) mass is 514 g/mol. The molecule has 0 N–H and O–H groups in total. The van der Waals surface area contributed by atoms with Crippen LogP contribution in [0.2, 0.25) is 0 Å². The Balaban J connectivity index is 1.28. The Morgan fingerprint density at radius 2 is 1.79 bits per heavy atom. The van der Waals surface area contributed by atoms with E-state index >= 15 is 0 Å². The second-order valence-corrected chi connectivity index (χ2v) is 10.9. The van der Waals surface area contributed by atoms with Gasteiger partial charge in [-0.25, -0.2) is 4.79 Å². The summed E-state index contributed by atoms with van der Waals surface area (Å²) in [5, 5.41) is 1.01. The predicted octanol–water partition coefficient (Wildman–Crippen LogP) is 5.55. The number of methoxy groups -OCH3 is 1. The fourth-order valence-corrected chi connectivity index (χ4v) is 6.34. The van der Waals surface area contributed by atoms with E-state index < -0.39 is 0 Å². The number of pyridine rings is 1. The number of imidazole rings is 1. The summed E-state index contributed by atoms with van der Waals surface area (Å²) in [6.45, 7) is 4.33. The van der Waals surface area contributed by atoms with Gasteiger partial charge in [0.05, 0.1) is 35.5 Å². The molecule has 0 bridgehead atoms. The normalized spacial score (nSPS) is 20.5. The molecule has 0 unspecified atom stereocenters. The van der Waals surface area contributed by atoms with Gasteiger partial charge in [0.25, 0.3) is 0 Å². The quantitative estimate of drug-likeness (QED) is 0.289. The Hall–Kier alpha value is -3.16. The van der Waals surface area contributed by atoms with Crippen LogP contribution in [0.4, 0.5) is 0 Å². The van der Waals surface area contributed by atoms with Crippen molar-refractivity contribution >= 4 is 21.9 Å². The van der Waals surface area contributed by atoms with Crippen LogP contribution >= 0.6 is 0 Å². The number of rotatable bonds is 8. The van der Waals surface area contributed by atoms with Crippen molar-refractivity contribution in [3.63, 3.8) is 0 Å². The summed E-state index contributed by atoms with van der Waals surface area (Å²) in [6, 6.07) is 14.8. The first kappa shape index (κ1) is 25.1. The molecule has 3 heterocycles. The Kier molecular flexibility index (Phi) is 7.22. The van der Waals surface area contributed by atoms with E-state index in [-0.39, 0.29) is 17.8 Å². The van der Waals surface area contributed by atoms with Gasteiger partial charge in [0.15, 0.2) is 0 Å². The van der Waals surface area contributed by atoms with Crippen molar-refractivity contribution in [2.24, 2.45) is 7.05 Å². The number of likely N-dealkylation sites (tertiary alicyclic amines) is 1. The minimum absolute atomic E-state index is 0.0210. The number of aryl methyl sites for hydroxylation is 1. The van der Waals surface area contributed by atoms with Crippen LogP contribution in [0.25, 0.3) is 33.1 Å². The Bertz CT molecular complexity index is 1470. The lowest BCUT2D eigenvalue weighted by atomic mass is 9.92. The van der Waals surface area contributed by atoms with Crippen molar-refractivity contribution in [1.82, 2.24) is 19.0 Å². The molecule has 7 nitrogen and oxygen atoms in total. The van der Waals surface area contributed by atoms with E-state index in [4.69, 9.17) is 14.5 Å². The van der Waals surface area contributed by atoms with Crippen LogP contribution in [0.15, 0.2) is 53.5 Å². The first-order valence-electron chi connectivity index (χ1n) is 14.1. The van der Waals surface area contributed by atoms with Gasteiger partial charge in [0.1, 0.15) is 5.75 Å². The molecular formula is C31H38N4O3. The van der Waals surface area contributed by atoms with Crippen LogP contribution in [0.5, 0.6) is 5.75 Å². The lowest BCUT2D eigenvalue weighted by Crippen LogP contribution is -2.31. The molecule has 7 heteroatoms. The lowest BCUT2D eigenvalue weighted by Gasteiger charge is -2.29. The van der Waals surface area contributed by atoms with Gasteiger partial charge in [0.2, 0.25) is 0 Å². The number of hydrogen-bond donors (Lipinski definition) is 0. The van der Waals surface area contributed by atoms with E-state index in [0.717, 1.165) is 84.1 Å². The van der Waals surface area contributed by atoms with Gasteiger partial charge in [-0.05, 0) is 93.4 Å². The molecule has 2 fully saturated rings. The molecule has 200 valence electrons. The van der Waals surface area contributed by atoms with Crippen LogP contribution in [0.3, 0.4) is 0 Å². The second-order valence-electron chi connectivity index (χ2n) is 10.9. The zero-order valence-electron chi connectivity index (χ0n) is 22.6. The highest BCUT2D eigenvalue weighted by Crippen LogP contribution is 2.35. The average Bonchev–Trinajstić information content (AvgIpc) is 3.57. The van der Waals surface area contributed by atoms with Crippen LogP contribution in [0.1, 0.15) is 51.0 Å². The lowest BCUT2D eigenvalue weighted by molar-refractivity contribution is 0.0531. The largest absolute Gasteiger partial charge is 0.494 e. The maximum Gasteiger partial charge on any atom is 0.329 e. The van der Waals surface area contributed by atoms with Gasteiger partial charge >= 0.3 is 5.69 Å². The summed E-state index contributed by atoms with van der Waals surface area (Å²) in [7, 11) is 3.62. The van der Waals surface area contributed by atoms with Crippen molar-refractivity contribution in [2.45, 2.75) is 57.1 Å². The van der Waals surface area contributed by atoms with E-state index in [1.807, 2.05) is 17.8 Å². The molecule has 4 aromatic rings. The van der Waals surface area contributed by atoms with E-state index in [1.165, 1.54) is 25.9 Å². The van der Waals surface area contributed by atoms with E-state index in [2.05, 4.69) is 47.4 Å². The van der Waals surface area contributed by atoms with Crippen molar-refractivity contribution in [3.05, 3.63) is 59.1 Å². The van der Waals surface area contributed by atoms with Crippen LogP contribution in [0, 0.1) is 0 Å². The fourth-order valence-electron chi connectivity index (χ4n) is 6.34. The molecule has 0 amide bonds. The number of nitrogens with zero attached hydrogens (tertiary/aromatic N) is 4. The molecule has 2 aromatic carbocycles. The molecule has 6 rings (SSSR count). The van der Waals surface area contributed by atoms with Crippen molar-refractivity contribution < 1.29 is 9.47 Å². The summed E-state index contributed by atoms with van der Waals surface area (Å²) in [6.07, 6.45) is 9.71. The van der Waals surface area contributed by atoms with Gasteiger partial charge in [0, 0.05) is 32.1 Å². The number of hydrogen-bond acceptors (Lipinski definition) is 5. The van der Waals surface area contributed by atoms with Crippen LogP contribution in [-0.4, -0.2) is 58.5 Å². The predicted molar refractivity (Wildman–Crippen MR) is 152 cm³/mol. The zero-order valence-corrected chi connectivity index (χ0v) is 22.6. The maximum absolute atomic E-state index is 13.4. The van der Waals surface area contributed by atoms with Gasteiger partial charge in [-0.2, -0.15) is 0 Å². The van der Waals surface area contributed by atoms with Crippen molar-refractivity contribution in [2.75, 3.05) is 33.4 Å². The summed E-state index contributed by atoms with van der Waals surface area (Å²) in [5.74, 6) is 0.905. The Morgan fingerprint density at radius 3 is 2.58 bits per heavy atom. The molecule has 2 aromatic heterocycles. The van der Waals surface area contributed by atoms with Crippen molar-refractivity contribution in [1.29, 1.82) is 0 Å². The third-order valence-corrected chi connectivity index (χ3v) is 8.49. The Labute approximate surface area is 224 Å². The molecule has 38 heavy (non-hydrogen) atoms. The van der Waals surface area contributed by atoms with Gasteiger partial charge in [-0.3, -0.25) is 14.1 Å². The summed E-state index contributed by atoms with van der Waals surface area (Å²) in [4.78, 5) is 20.7. The molecule has 1 saturated carbocycles. The average molecular weight is 515 g/mol. The molecule has 0 spiro atoms. The summed E-state index contributed by atoms with van der Waals surface area (Å²) in [5.41, 5.74) is 5.00. The number of benzene rings is 2. The Morgan fingerprint density at radius 1 is 1.00 bits per heavy atom. The molecular weight excluding hydrogens is 476 g/mol. The highest BCUT2D eigenvalue weighted by molar-refractivity contribution is 6.04. The number of aromatic nitrogens is 3. The van der Waals surface area contributed by atoms with Gasteiger partial charge in [-0.1, -0.05) is 18.2 Å². The topological polar surface area (TPSA) is 61.5 Å².